The van der Waals surface area contributed by atoms with E-state index < -0.39 is 5.54 Å². The first-order valence-electron chi connectivity index (χ1n) is 10.2. The third kappa shape index (κ3) is 7.23. The first kappa shape index (κ1) is 25.1. The summed E-state index contributed by atoms with van der Waals surface area (Å²) >= 11 is 1.29. The lowest BCUT2D eigenvalue weighted by molar-refractivity contribution is -0.125. The molecule has 174 valence electrons. The van der Waals surface area contributed by atoms with Crippen LogP contribution in [0.2, 0.25) is 0 Å². The molecule has 1 aromatic heterocycles. The highest BCUT2D eigenvalue weighted by Gasteiger charge is 2.26. The van der Waals surface area contributed by atoms with E-state index in [-0.39, 0.29) is 37.1 Å². The summed E-state index contributed by atoms with van der Waals surface area (Å²) in [5.41, 5.74) is 0.00622. The van der Waals surface area contributed by atoms with E-state index in [2.05, 4.69) is 15.6 Å². The predicted octanol–water partition coefficient (Wildman–Crippen LogP) is 3.22. The molecule has 0 aliphatic heterocycles. The number of nitrogens with one attached hydrogen (secondary N) is 2. The predicted molar refractivity (Wildman–Crippen MR) is 124 cm³/mol. The second kappa shape index (κ2) is 11.5. The van der Waals surface area contributed by atoms with Gasteiger partial charge in [0.2, 0.25) is 17.7 Å². The molecule has 1 heterocycles. The van der Waals surface area contributed by atoms with Gasteiger partial charge in [0.1, 0.15) is 18.0 Å². The Hall–Kier alpha value is -3.14. The highest BCUT2D eigenvalue weighted by Crippen LogP contribution is 2.32. The largest absolute Gasteiger partial charge is 0.497 e. The number of thiazole rings is 1. The van der Waals surface area contributed by atoms with Crippen LogP contribution in [0, 0.1) is 0 Å². The van der Waals surface area contributed by atoms with Crippen molar-refractivity contribution in [3.63, 3.8) is 0 Å². The molecule has 2 rings (SSSR count). The SMILES string of the molecule is CCC(C)(C)NC(=O)CN(C(=O)CCC(=O)Nc1nccs1)c1ccc(OC)cc1OC. The number of nitrogens with zero attached hydrogens (tertiary/aromatic N) is 2. The van der Waals surface area contributed by atoms with Crippen LogP contribution in [0.25, 0.3) is 0 Å². The number of hydrogen-bond acceptors (Lipinski definition) is 7. The maximum Gasteiger partial charge on any atom is 0.240 e. The summed E-state index contributed by atoms with van der Waals surface area (Å²) in [4.78, 5) is 43.4. The van der Waals surface area contributed by atoms with Crippen molar-refractivity contribution in [2.75, 3.05) is 31.0 Å². The minimum atomic E-state index is -0.413. The van der Waals surface area contributed by atoms with Crippen LogP contribution in [0.15, 0.2) is 29.8 Å². The Morgan fingerprint density at radius 3 is 2.47 bits per heavy atom. The average Bonchev–Trinajstić information content (AvgIpc) is 3.28. The number of hydrogen-bond donors (Lipinski definition) is 2. The number of rotatable bonds is 11. The van der Waals surface area contributed by atoms with E-state index in [9.17, 15) is 14.4 Å². The van der Waals surface area contributed by atoms with Gasteiger partial charge >= 0.3 is 0 Å². The van der Waals surface area contributed by atoms with Gasteiger partial charge in [0, 0.05) is 36.0 Å². The zero-order valence-corrected chi connectivity index (χ0v) is 19.9. The van der Waals surface area contributed by atoms with Crippen molar-refractivity contribution in [3.8, 4) is 11.5 Å². The molecule has 0 unspecified atom stereocenters. The number of methoxy groups -OCH3 is 2. The van der Waals surface area contributed by atoms with E-state index in [0.717, 1.165) is 6.42 Å². The summed E-state index contributed by atoms with van der Waals surface area (Å²) in [7, 11) is 3.00. The summed E-state index contributed by atoms with van der Waals surface area (Å²) in [5.74, 6) is -0.0843. The Balaban J connectivity index is 2.20. The molecule has 0 aliphatic rings. The second-order valence-corrected chi connectivity index (χ2v) is 8.58. The molecule has 0 bridgehead atoms. The summed E-state index contributed by atoms with van der Waals surface area (Å²) in [6.07, 6.45) is 2.18. The van der Waals surface area contributed by atoms with Crippen LogP contribution >= 0.6 is 11.3 Å². The lowest BCUT2D eigenvalue weighted by Gasteiger charge is -2.28. The maximum absolute atomic E-state index is 13.1. The first-order valence-corrected chi connectivity index (χ1v) is 11.1. The van der Waals surface area contributed by atoms with Crippen LogP contribution in [0.5, 0.6) is 11.5 Å². The van der Waals surface area contributed by atoms with E-state index in [1.807, 2.05) is 20.8 Å². The van der Waals surface area contributed by atoms with Crippen LogP contribution in [-0.2, 0) is 14.4 Å². The summed E-state index contributed by atoms with van der Waals surface area (Å²) < 4.78 is 10.6. The fourth-order valence-electron chi connectivity index (χ4n) is 2.79. The van der Waals surface area contributed by atoms with Crippen molar-refractivity contribution in [3.05, 3.63) is 29.8 Å². The molecular weight excluding hydrogens is 432 g/mol. The van der Waals surface area contributed by atoms with Crippen molar-refractivity contribution >= 4 is 39.9 Å². The Labute approximate surface area is 192 Å². The Morgan fingerprint density at radius 2 is 1.88 bits per heavy atom. The standard InChI is InChI=1S/C22H30N4O5S/c1-6-22(2,3)25-19(28)14-26(16-8-7-15(30-4)13-17(16)31-5)20(29)10-9-18(27)24-21-23-11-12-32-21/h7-8,11-13H,6,9-10,14H2,1-5H3,(H,25,28)(H,23,24,27). The number of amides is 3. The molecule has 0 saturated carbocycles. The Kier molecular flexibility index (Phi) is 9.01. The minimum absolute atomic E-state index is 0.0462. The molecule has 0 saturated heterocycles. The molecule has 10 heteroatoms. The van der Waals surface area contributed by atoms with Crippen molar-refractivity contribution in [2.24, 2.45) is 0 Å². The van der Waals surface area contributed by atoms with Gasteiger partial charge < -0.3 is 20.1 Å². The number of carbonyl (C=O) groups excluding carboxylic acids is 3. The molecule has 0 radical (unpaired) electrons. The molecule has 9 nitrogen and oxygen atoms in total. The van der Waals surface area contributed by atoms with Crippen molar-refractivity contribution in [1.29, 1.82) is 0 Å². The highest BCUT2D eigenvalue weighted by molar-refractivity contribution is 7.13. The topological polar surface area (TPSA) is 110 Å². The van der Waals surface area contributed by atoms with Gasteiger partial charge in [-0.2, -0.15) is 0 Å². The zero-order chi connectivity index (χ0) is 23.7. The summed E-state index contributed by atoms with van der Waals surface area (Å²) in [5, 5.41) is 7.80. The fraction of sp³-hybridized carbons (Fsp3) is 0.455. The van der Waals surface area contributed by atoms with Gasteiger partial charge in [0.05, 0.1) is 19.9 Å². The second-order valence-electron chi connectivity index (χ2n) is 7.69. The normalized spacial score (nSPS) is 10.9. The van der Waals surface area contributed by atoms with Gasteiger partial charge in [-0.05, 0) is 32.4 Å². The Morgan fingerprint density at radius 1 is 1.12 bits per heavy atom. The van der Waals surface area contributed by atoms with Crippen LogP contribution in [0.4, 0.5) is 10.8 Å². The molecule has 2 aromatic rings. The molecule has 0 atom stereocenters. The van der Waals surface area contributed by atoms with Gasteiger partial charge in [-0.15, -0.1) is 11.3 Å². The lowest BCUT2D eigenvalue weighted by Crippen LogP contribution is -2.48. The van der Waals surface area contributed by atoms with Crippen molar-refractivity contribution < 1.29 is 23.9 Å². The van der Waals surface area contributed by atoms with E-state index in [0.29, 0.717) is 22.3 Å². The van der Waals surface area contributed by atoms with Crippen molar-refractivity contribution in [2.45, 2.75) is 45.6 Å². The maximum atomic E-state index is 13.1. The molecular formula is C22H30N4O5S. The quantitative estimate of drug-likeness (QED) is 0.531. The van der Waals surface area contributed by atoms with Gasteiger partial charge in [-0.3, -0.25) is 19.3 Å². The molecule has 0 fully saturated rings. The number of aromatic nitrogens is 1. The fourth-order valence-corrected chi connectivity index (χ4v) is 3.33. The number of ether oxygens (including phenoxy) is 2. The van der Waals surface area contributed by atoms with Crippen molar-refractivity contribution in [1.82, 2.24) is 10.3 Å². The smallest absolute Gasteiger partial charge is 0.240 e. The van der Waals surface area contributed by atoms with Crippen LogP contribution in [-0.4, -0.2) is 49.0 Å². The third-order valence-electron chi connectivity index (χ3n) is 4.89. The van der Waals surface area contributed by atoms with Gasteiger partial charge in [-0.1, -0.05) is 6.92 Å². The molecule has 0 spiro atoms. The van der Waals surface area contributed by atoms with Gasteiger partial charge in [0.25, 0.3) is 0 Å². The highest BCUT2D eigenvalue weighted by atomic mass is 32.1. The summed E-state index contributed by atoms with van der Waals surface area (Å²) in [6, 6.07) is 4.98. The van der Waals surface area contributed by atoms with Crippen LogP contribution in [0.1, 0.15) is 40.0 Å². The number of anilines is 2. The van der Waals surface area contributed by atoms with E-state index in [4.69, 9.17) is 9.47 Å². The monoisotopic (exact) mass is 462 g/mol. The van der Waals surface area contributed by atoms with Crippen LogP contribution < -0.4 is 25.0 Å². The average molecular weight is 463 g/mol. The number of carbonyl (C=O) groups is 3. The molecule has 32 heavy (non-hydrogen) atoms. The molecule has 2 N–H and O–H groups in total. The van der Waals surface area contributed by atoms with Crippen LogP contribution in [0.3, 0.4) is 0 Å². The minimum Gasteiger partial charge on any atom is -0.497 e. The molecule has 0 aliphatic carbocycles. The Bertz CT molecular complexity index is 930. The first-order chi connectivity index (χ1) is 15.2. The lowest BCUT2D eigenvalue weighted by atomic mass is 10.0. The zero-order valence-electron chi connectivity index (χ0n) is 19.1. The molecule has 1 aromatic carbocycles. The third-order valence-corrected chi connectivity index (χ3v) is 5.58. The molecule has 3 amide bonds. The number of benzene rings is 1. The van der Waals surface area contributed by atoms with E-state index >= 15 is 0 Å². The van der Waals surface area contributed by atoms with Gasteiger partial charge in [-0.25, -0.2) is 4.98 Å². The van der Waals surface area contributed by atoms with E-state index in [1.165, 1.54) is 30.5 Å². The van der Waals surface area contributed by atoms with Gasteiger partial charge in [0.15, 0.2) is 5.13 Å². The summed E-state index contributed by atoms with van der Waals surface area (Å²) in [6.45, 7) is 5.58. The van der Waals surface area contributed by atoms with E-state index in [1.54, 1.807) is 29.8 Å².